The molecule has 1 aliphatic carbocycles. The molecule has 0 bridgehead atoms. The van der Waals surface area contributed by atoms with Crippen molar-refractivity contribution >= 4 is 27.6 Å². The molecule has 0 saturated heterocycles. The van der Waals surface area contributed by atoms with Crippen LogP contribution in [-0.2, 0) is 6.42 Å². The lowest BCUT2D eigenvalue weighted by atomic mass is 9.87. The van der Waals surface area contributed by atoms with Gasteiger partial charge in [-0.25, -0.2) is 0 Å². The molecule has 0 spiro atoms. The molecule has 3 aromatic carbocycles. The molecule has 1 aliphatic rings. The van der Waals surface area contributed by atoms with Gasteiger partial charge >= 0.3 is 0 Å². The molecule has 0 amide bonds. The van der Waals surface area contributed by atoms with Crippen LogP contribution in [0.2, 0.25) is 0 Å². The number of allylic oxidation sites excluding steroid dienone is 1. The Morgan fingerprint density at radius 2 is 1.28 bits per heavy atom. The van der Waals surface area contributed by atoms with Crippen molar-refractivity contribution in [3.63, 3.8) is 0 Å². The zero-order valence-electron chi connectivity index (χ0n) is 10.2. The standard InChI is InChI=1S/C18H14/c1-2-8-14-13(7-1)15-9-3-4-11-17(15)18-12-6-5-10-16(14)18/h1-5,7-11H,6,12H2. The van der Waals surface area contributed by atoms with Gasteiger partial charge in [-0.15, -0.1) is 0 Å². The second-order valence-corrected chi connectivity index (χ2v) is 4.92. The fourth-order valence-corrected chi connectivity index (χ4v) is 3.13. The number of rotatable bonds is 0. The van der Waals surface area contributed by atoms with Crippen molar-refractivity contribution in [1.29, 1.82) is 0 Å². The number of hydrogen-bond acceptors (Lipinski definition) is 0. The molecule has 0 fully saturated rings. The molecule has 0 aromatic heterocycles. The lowest BCUT2D eigenvalue weighted by Gasteiger charge is -2.17. The van der Waals surface area contributed by atoms with Gasteiger partial charge in [0.25, 0.3) is 0 Å². The molecule has 0 heterocycles. The van der Waals surface area contributed by atoms with Gasteiger partial charge in [-0.3, -0.25) is 0 Å². The van der Waals surface area contributed by atoms with Crippen molar-refractivity contribution in [2.45, 2.75) is 12.8 Å². The first-order valence-corrected chi connectivity index (χ1v) is 6.54. The molecule has 0 aliphatic heterocycles. The van der Waals surface area contributed by atoms with E-state index in [-0.39, 0.29) is 0 Å². The summed E-state index contributed by atoms with van der Waals surface area (Å²) in [4.78, 5) is 0. The Bertz CT molecular complexity index is 778. The first-order chi connectivity index (χ1) is 8.95. The quantitative estimate of drug-likeness (QED) is 0.479. The number of benzene rings is 3. The third-order valence-electron chi connectivity index (χ3n) is 3.93. The molecule has 0 N–H and O–H groups in total. The smallest absolute Gasteiger partial charge is 0.00992 e. The Balaban J connectivity index is 2.33. The van der Waals surface area contributed by atoms with E-state index in [0.29, 0.717) is 0 Å². The van der Waals surface area contributed by atoms with E-state index in [1.165, 1.54) is 32.7 Å². The molecule has 0 atom stereocenters. The van der Waals surface area contributed by atoms with Gasteiger partial charge in [0.15, 0.2) is 0 Å². The van der Waals surface area contributed by atoms with Gasteiger partial charge in [-0.05, 0) is 45.5 Å². The lowest BCUT2D eigenvalue weighted by molar-refractivity contribution is 1.00. The summed E-state index contributed by atoms with van der Waals surface area (Å²) in [5, 5.41) is 5.58. The molecule has 0 unspecified atom stereocenters. The number of fused-ring (bicyclic) bond motifs is 6. The van der Waals surface area contributed by atoms with Crippen LogP contribution in [0.3, 0.4) is 0 Å². The maximum atomic E-state index is 2.30. The van der Waals surface area contributed by atoms with Crippen molar-refractivity contribution in [1.82, 2.24) is 0 Å². The van der Waals surface area contributed by atoms with E-state index in [9.17, 15) is 0 Å². The van der Waals surface area contributed by atoms with Crippen molar-refractivity contribution in [2.24, 2.45) is 0 Å². The summed E-state index contributed by atoms with van der Waals surface area (Å²) in [6, 6.07) is 17.6. The first-order valence-electron chi connectivity index (χ1n) is 6.54. The van der Waals surface area contributed by atoms with E-state index < -0.39 is 0 Å². The summed E-state index contributed by atoms with van der Waals surface area (Å²) in [6.07, 6.45) is 6.92. The van der Waals surface area contributed by atoms with Crippen molar-refractivity contribution in [3.8, 4) is 0 Å². The third-order valence-corrected chi connectivity index (χ3v) is 3.93. The molecule has 18 heavy (non-hydrogen) atoms. The SMILES string of the molecule is C1=Cc2c(c3ccccc3c3ccccc23)CC1. The molecule has 0 radical (unpaired) electrons. The van der Waals surface area contributed by atoms with Crippen LogP contribution in [-0.4, -0.2) is 0 Å². The Morgan fingerprint density at radius 3 is 2.06 bits per heavy atom. The van der Waals surface area contributed by atoms with E-state index >= 15 is 0 Å². The largest absolute Gasteiger partial charge is 0.0836 e. The summed E-state index contributed by atoms with van der Waals surface area (Å²) in [6.45, 7) is 0. The molecular weight excluding hydrogens is 216 g/mol. The molecule has 0 heteroatoms. The van der Waals surface area contributed by atoms with Crippen LogP contribution >= 0.6 is 0 Å². The van der Waals surface area contributed by atoms with Crippen molar-refractivity contribution < 1.29 is 0 Å². The summed E-state index contributed by atoms with van der Waals surface area (Å²) < 4.78 is 0. The normalized spacial score (nSPS) is 14.0. The fraction of sp³-hybridized carbons (Fsp3) is 0.111. The van der Waals surface area contributed by atoms with Gasteiger partial charge in [-0.2, -0.15) is 0 Å². The Morgan fingerprint density at radius 1 is 0.667 bits per heavy atom. The van der Waals surface area contributed by atoms with E-state index in [0.717, 1.165) is 12.8 Å². The second kappa shape index (κ2) is 3.71. The van der Waals surface area contributed by atoms with Gasteiger partial charge in [-0.1, -0.05) is 60.7 Å². The van der Waals surface area contributed by atoms with Gasteiger partial charge in [0.1, 0.15) is 0 Å². The number of aryl methyl sites for hydroxylation is 1. The zero-order chi connectivity index (χ0) is 11.9. The lowest BCUT2D eigenvalue weighted by Crippen LogP contribution is -1.97. The molecule has 0 saturated carbocycles. The highest BCUT2D eigenvalue weighted by Gasteiger charge is 2.13. The predicted octanol–water partition coefficient (Wildman–Crippen LogP) is 4.95. The Hall–Kier alpha value is -2.08. The maximum Gasteiger partial charge on any atom is -0.00992 e. The van der Waals surface area contributed by atoms with Crippen LogP contribution in [0, 0.1) is 0 Å². The molecule has 4 rings (SSSR count). The van der Waals surface area contributed by atoms with Gasteiger partial charge < -0.3 is 0 Å². The van der Waals surface area contributed by atoms with Crippen molar-refractivity contribution in [2.75, 3.05) is 0 Å². The van der Waals surface area contributed by atoms with Gasteiger partial charge in [0.05, 0.1) is 0 Å². The second-order valence-electron chi connectivity index (χ2n) is 4.92. The minimum atomic E-state index is 1.16. The third kappa shape index (κ3) is 1.26. The molecular formula is C18H14. The first kappa shape index (κ1) is 9.90. The van der Waals surface area contributed by atoms with E-state index in [1.54, 1.807) is 0 Å². The molecule has 0 nitrogen and oxygen atoms in total. The van der Waals surface area contributed by atoms with Gasteiger partial charge in [0, 0.05) is 0 Å². The van der Waals surface area contributed by atoms with Crippen LogP contribution in [0.5, 0.6) is 0 Å². The van der Waals surface area contributed by atoms with E-state index in [2.05, 4.69) is 60.7 Å². The van der Waals surface area contributed by atoms with Crippen LogP contribution in [0.15, 0.2) is 54.6 Å². The van der Waals surface area contributed by atoms with Crippen molar-refractivity contribution in [3.05, 3.63) is 65.7 Å². The van der Waals surface area contributed by atoms with Gasteiger partial charge in [0.2, 0.25) is 0 Å². The highest BCUT2D eigenvalue weighted by atomic mass is 14.2. The van der Waals surface area contributed by atoms with E-state index in [4.69, 9.17) is 0 Å². The predicted molar refractivity (Wildman–Crippen MR) is 78.8 cm³/mol. The van der Waals surface area contributed by atoms with Crippen LogP contribution in [0.1, 0.15) is 17.5 Å². The van der Waals surface area contributed by atoms with Crippen LogP contribution in [0.4, 0.5) is 0 Å². The Labute approximate surface area is 107 Å². The Kier molecular flexibility index (Phi) is 2.04. The minimum absolute atomic E-state index is 1.16. The van der Waals surface area contributed by atoms with Crippen LogP contribution < -0.4 is 0 Å². The summed E-state index contributed by atoms with van der Waals surface area (Å²) in [5.74, 6) is 0. The number of hydrogen-bond donors (Lipinski definition) is 0. The highest BCUT2D eigenvalue weighted by molar-refractivity contribution is 6.12. The summed E-state index contributed by atoms with van der Waals surface area (Å²) in [7, 11) is 0. The fourth-order valence-electron chi connectivity index (χ4n) is 3.13. The topological polar surface area (TPSA) is 0 Å². The minimum Gasteiger partial charge on any atom is -0.0836 e. The summed E-state index contributed by atoms with van der Waals surface area (Å²) in [5.41, 5.74) is 2.95. The van der Waals surface area contributed by atoms with Crippen LogP contribution in [0.25, 0.3) is 27.6 Å². The average Bonchev–Trinajstić information content (AvgIpc) is 2.48. The molecule has 86 valence electrons. The summed E-state index contributed by atoms with van der Waals surface area (Å²) >= 11 is 0. The average molecular weight is 230 g/mol. The zero-order valence-corrected chi connectivity index (χ0v) is 10.2. The maximum absolute atomic E-state index is 2.30. The monoisotopic (exact) mass is 230 g/mol. The van der Waals surface area contributed by atoms with E-state index in [1.807, 2.05) is 0 Å². The highest BCUT2D eigenvalue weighted by Crippen LogP contribution is 2.35. The molecule has 3 aromatic rings.